The zero-order chi connectivity index (χ0) is 12.3. The average molecular weight is 240 g/mol. The third-order valence-corrected chi connectivity index (χ3v) is 4.72. The Balaban J connectivity index is 2.09. The first-order chi connectivity index (χ1) is 8.27. The SMILES string of the molecule is COC1CCCCC1N1C(C)CCCC1CN. The lowest BCUT2D eigenvalue weighted by molar-refractivity contribution is -0.0548. The Bertz CT molecular complexity index is 234. The number of nitrogens with two attached hydrogens (primary N) is 1. The number of likely N-dealkylation sites (tertiary alicyclic amines) is 1. The van der Waals surface area contributed by atoms with E-state index in [0.717, 1.165) is 6.54 Å². The van der Waals surface area contributed by atoms with Gasteiger partial charge in [-0.25, -0.2) is 0 Å². The highest BCUT2D eigenvalue weighted by Crippen LogP contribution is 2.32. The van der Waals surface area contributed by atoms with Crippen molar-refractivity contribution in [3.63, 3.8) is 0 Å². The largest absolute Gasteiger partial charge is 0.380 e. The number of piperidine rings is 1. The van der Waals surface area contributed by atoms with Crippen LogP contribution in [0.1, 0.15) is 51.9 Å². The van der Waals surface area contributed by atoms with Crippen LogP contribution in [-0.4, -0.2) is 42.8 Å². The molecule has 0 spiro atoms. The molecule has 1 heterocycles. The van der Waals surface area contributed by atoms with Gasteiger partial charge in [0.2, 0.25) is 0 Å². The maximum Gasteiger partial charge on any atom is 0.0726 e. The van der Waals surface area contributed by atoms with Gasteiger partial charge in [-0.3, -0.25) is 4.90 Å². The minimum Gasteiger partial charge on any atom is -0.380 e. The zero-order valence-electron chi connectivity index (χ0n) is 11.4. The molecular weight excluding hydrogens is 212 g/mol. The van der Waals surface area contributed by atoms with Gasteiger partial charge in [-0.2, -0.15) is 0 Å². The van der Waals surface area contributed by atoms with Gasteiger partial charge in [-0.1, -0.05) is 19.3 Å². The van der Waals surface area contributed by atoms with Gasteiger partial charge in [0.15, 0.2) is 0 Å². The normalized spacial score (nSPS) is 40.4. The number of ether oxygens (including phenoxy) is 1. The molecule has 2 rings (SSSR count). The van der Waals surface area contributed by atoms with Crippen molar-refractivity contribution in [2.75, 3.05) is 13.7 Å². The zero-order valence-corrected chi connectivity index (χ0v) is 11.4. The molecule has 0 aromatic heterocycles. The molecule has 1 saturated carbocycles. The van der Waals surface area contributed by atoms with Crippen molar-refractivity contribution in [3.8, 4) is 0 Å². The Hall–Kier alpha value is -0.120. The Kier molecular flexibility index (Phi) is 4.83. The van der Waals surface area contributed by atoms with Crippen LogP contribution in [0, 0.1) is 0 Å². The van der Waals surface area contributed by atoms with Crippen LogP contribution in [0.15, 0.2) is 0 Å². The van der Waals surface area contributed by atoms with Gasteiger partial charge < -0.3 is 10.5 Å². The summed E-state index contributed by atoms with van der Waals surface area (Å²) < 4.78 is 5.72. The molecule has 4 unspecified atom stereocenters. The molecule has 3 heteroatoms. The second kappa shape index (κ2) is 6.17. The van der Waals surface area contributed by atoms with E-state index in [9.17, 15) is 0 Å². The highest BCUT2D eigenvalue weighted by atomic mass is 16.5. The molecule has 100 valence electrons. The number of rotatable bonds is 3. The topological polar surface area (TPSA) is 38.5 Å². The van der Waals surface area contributed by atoms with Gasteiger partial charge in [0, 0.05) is 31.8 Å². The van der Waals surface area contributed by atoms with E-state index in [2.05, 4.69) is 11.8 Å². The molecule has 2 N–H and O–H groups in total. The average Bonchev–Trinajstić information content (AvgIpc) is 2.38. The van der Waals surface area contributed by atoms with Crippen LogP contribution in [0.5, 0.6) is 0 Å². The quantitative estimate of drug-likeness (QED) is 0.821. The van der Waals surface area contributed by atoms with Crippen molar-refractivity contribution in [1.82, 2.24) is 4.90 Å². The predicted molar refractivity (Wildman–Crippen MR) is 71.0 cm³/mol. The monoisotopic (exact) mass is 240 g/mol. The highest BCUT2D eigenvalue weighted by molar-refractivity contribution is 4.93. The summed E-state index contributed by atoms with van der Waals surface area (Å²) in [6, 6.07) is 1.87. The summed E-state index contributed by atoms with van der Waals surface area (Å²) in [7, 11) is 1.87. The maximum absolute atomic E-state index is 5.97. The van der Waals surface area contributed by atoms with Crippen LogP contribution in [0.3, 0.4) is 0 Å². The van der Waals surface area contributed by atoms with Crippen molar-refractivity contribution >= 4 is 0 Å². The van der Waals surface area contributed by atoms with Gasteiger partial charge in [0.1, 0.15) is 0 Å². The molecular formula is C14H28N2O. The number of hydrogen-bond donors (Lipinski definition) is 1. The molecule has 0 amide bonds. The van der Waals surface area contributed by atoms with Crippen LogP contribution in [-0.2, 0) is 4.74 Å². The Morgan fingerprint density at radius 1 is 1.12 bits per heavy atom. The van der Waals surface area contributed by atoms with Gasteiger partial charge in [-0.05, 0) is 32.6 Å². The van der Waals surface area contributed by atoms with E-state index in [1.807, 2.05) is 7.11 Å². The van der Waals surface area contributed by atoms with Crippen LogP contribution in [0.25, 0.3) is 0 Å². The van der Waals surface area contributed by atoms with E-state index in [1.54, 1.807) is 0 Å². The van der Waals surface area contributed by atoms with Crippen molar-refractivity contribution in [1.29, 1.82) is 0 Å². The maximum atomic E-state index is 5.97. The fourth-order valence-electron chi connectivity index (χ4n) is 3.84. The lowest BCUT2D eigenvalue weighted by atomic mass is 9.86. The van der Waals surface area contributed by atoms with Crippen LogP contribution < -0.4 is 5.73 Å². The minimum atomic E-state index is 0.429. The first-order valence-electron chi connectivity index (χ1n) is 7.28. The Labute approximate surface area is 106 Å². The van der Waals surface area contributed by atoms with Crippen molar-refractivity contribution in [3.05, 3.63) is 0 Å². The van der Waals surface area contributed by atoms with Crippen LogP contribution in [0.4, 0.5) is 0 Å². The first kappa shape index (κ1) is 13.3. The summed E-state index contributed by atoms with van der Waals surface area (Å²) in [6.07, 6.45) is 9.55. The second-order valence-electron chi connectivity index (χ2n) is 5.74. The van der Waals surface area contributed by atoms with Crippen LogP contribution in [0.2, 0.25) is 0 Å². The standard InChI is InChI=1S/C14H28N2O/c1-11-6-5-7-12(10-15)16(11)13-8-3-4-9-14(13)17-2/h11-14H,3-10,15H2,1-2H3. The van der Waals surface area contributed by atoms with Gasteiger partial charge in [0.25, 0.3) is 0 Å². The number of nitrogens with zero attached hydrogens (tertiary/aromatic N) is 1. The number of hydrogen-bond acceptors (Lipinski definition) is 3. The van der Waals surface area contributed by atoms with Gasteiger partial charge in [-0.15, -0.1) is 0 Å². The molecule has 3 nitrogen and oxygen atoms in total. The smallest absolute Gasteiger partial charge is 0.0726 e. The van der Waals surface area contributed by atoms with E-state index < -0.39 is 0 Å². The summed E-state index contributed by atoms with van der Waals surface area (Å²) in [5.74, 6) is 0. The lowest BCUT2D eigenvalue weighted by Gasteiger charge is -2.48. The number of methoxy groups -OCH3 is 1. The second-order valence-corrected chi connectivity index (χ2v) is 5.74. The highest BCUT2D eigenvalue weighted by Gasteiger charge is 2.37. The van der Waals surface area contributed by atoms with E-state index in [1.165, 1.54) is 44.9 Å². The van der Waals surface area contributed by atoms with E-state index in [-0.39, 0.29) is 0 Å². The van der Waals surface area contributed by atoms with Gasteiger partial charge >= 0.3 is 0 Å². The van der Waals surface area contributed by atoms with E-state index in [0.29, 0.717) is 24.2 Å². The molecule has 1 aliphatic heterocycles. The third-order valence-electron chi connectivity index (χ3n) is 4.72. The molecule has 0 aromatic carbocycles. The molecule has 0 bridgehead atoms. The molecule has 1 aliphatic carbocycles. The summed E-state index contributed by atoms with van der Waals surface area (Å²) in [5, 5.41) is 0. The minimum absolute atomic E-state index is 0.429. The Morgan fingerprint density at radius 2 is 1.88 bits per heavy atom. The predicted octanol–water partition coefficient (Wildman–Crippen LogP) is 2.15. The lowest BCUT2D eigenvalue weighted by Crippen LogP contribution is -2.58. The summed E-state index contributed by atoms with van der Waals surface area (Å²) >= 11 is 0. The Morgan fingerprint density at radius 3 is 2.59 bits per heavy atom. The van der Waals surface area contributed by atoms with Crippen molar-refractivity contribution in [2.24, 2.45) is 5.73 Å². The van der Waals surface area contributed by atoms with E-state index in [4.69, 9.17) is 10.5 Å². The first-order valence-corrected chi connectivity index (χ1v) is 7.28. The molecule has 0 aromatic rings. The molecule has 4 atom stereocenters. The van der Waals surface area contributed by atoms with Crippen LogP contribution >= 0.6 is 0 Å². The summed E-state index contributed by atoms with van der Waals surface area (Å²) in [6.45, 7) is 3.17. The fraction of sp³-hybridized carbons (Fsp3) is 1.00. The van der Waals surface area contributed by atoms with Gasteiger partial charge in [0.05, 0.1) is 6.10 Å². The fourth-order valence-corrected chi connectivity index (χ4v) is 3.84. The van der Waals surface area contributed by atoms with Crippen molar-refractivity contribution in [2.45, 2.75) is 76.1 Å². The van der Waals surface area contributed by atoms with Crippen molar-refractivity contribution < 1.29 is 4.74 Å². The molecule has 0 radical (unpaired) electrons. The summed E-state index contributed by atoms with van der Waals surface area (Å²) in [5.41, 5.74) is 5.97. The molecule has 2 fully saturated rings. The van der Waals surface area contributed by atoms with E-state index >= 15 is 0 Å². The molecule has 17 heavy (non-hydrogen) atoms. The third kappa shape index (κ3) is 2.83. The molecule has 2 aliphatic rings. The summed E-state index contributed by atoms with van der Waals surface area (Å²) in [4.78, 5) is 2.69. The molecule has 1 saturated heterocycles.